The first-order chi connectivity index (χ1) is 12.6. The summed E-state index contributed by atoms with van der Waals surface area (Å²) in [6.45, 7) is 4.77. The van der Waals surface area contributed by atoms with E-state index in [4.69, 9.17) is 9.73 Å². The predicted molar refractivity (Wildman–Crippen MR) is 109 cm³/mol. The summed E-state index contributed by atoms with van der Waals surface area (Å²) >= 11 is 1.43. The molecule has 0 aromatic heterocycles. The minimum atomic E-state index is 0.0125. The molecule has 0 saturated carbocycles. The first-order valence-corrected chi connectivity index (χ1v) is 9.43. The van der Waals surface area contributed by atoms with E-state index < -0.39 is 0 Å². The number of carbonyl (C=O) groups is 1. The number of nitrogens with zero attached hydrogens (tertiary/aromatic N) is 2. The number of hydrogen-bond donors (Lipinski definition) is 0. The fourth-order valence-electron chi connectivity index (χ4n) is 2.59. The molecule has 1 heterocycles. The fraction of sp³-hybridized carbons (Fsp3) is 0.238. The molecule has 0 spiro atoms. The van der Waals surface area contributed by atoms with E-state index >= 15 is 0 Å². The van der Waals surface area contributed by atoms with Crippen LogP contribution < -0.4 is 4.74 Å². The topological polar surface area (TPSA) is 41.9 Å². The first-order valence-electron chi connectivity index (χ1n) is 8.61. The Hall–Kier alpha value is -2.53. The van der Waals surface area contributed by atoms with Crippen LogP contribution in [0.5, 0.6) is 5.75 Å². The van der Waals surface area contributed by atoms with Gasteiger partial charge in [-0.15, -0.1) is 0 Å². The number of amidine groups is 1. The van der Waals surface area contributed by atoms with Gasteiger partial charge in [0.2, 0.25) is 0 Å². The second-order valence-corrected chi connectivity index (χ2v) is 7.08. The molecule has 0 bridgehead atoms. The van der Waals surface area contributed by atoms with Crippen molar-refractivity contribution in [2.75, 3.05) is 13.7 Å². The predicted octanol–water partition coefficient (Wildman–Crippen LogP) is 5.02. The van der Waals surface area contributed by atoms with Crippen LogP contribution >= 0.6 is 11.8 Å². The molecular weight excluding hydrogens is 344 g/mol. The summed E-state index contributed by atoms with van der Waals surface area (Å²) in [6.07, 6.45) is 2.79. The summed E-state index contributed by atoms with van der Waals surface area (Å²) in [6, 6.07) is 15.7. The molecule has 0 atom stereocenters. The van der Waals surface area contributed by atoms with Crippen LogP contribution in [0.1, 0.15) is 24.5 Å². The average Bonchev–Trinajstić information content (AvgIpc) is 2.93. The van der Waals surface area contributed by atoms with Crippen molar-refractivity contribution in [1.29, 1.82) is 0 Å². The van der Waals surface area contributed by atoms with Crippen molar-refractivity contribution >= 4 is 34.6 Å². The van der Waals surface area contributed by atoms with Gasteiger partial charge in [-0.2, -0.15) is 0 Å². The van der Waals surface area contributed by atoms with Crippen LogP contribution in [0.15, 0.2) is 58.4 Å². The van der Waals surface area contributed by atoms with Crippen LogP contribution in [-0.4, -0.2) is 29.6 Å². The molecule has 3 rings (SSSR count). The number of carbonyl (C=O) groups excluding carboxylic acids is 1. The lowest BCUT2D eigenvalue weighted by Gasteiger charge is -2.13. The lowest BCUT2D eigenvalue weighted by Crippen LogP contribution is -2.29. The van der Waals surface area contributed by atoms with Crippen LogP contribution in [0.4, 0.5) is 5.69 Å². The molecule has 1 saturated heterocycles. The molecule has 0 N–H and O–H groups in total. The number of thioether (sulfide) groups is 1. The van der Waals surface area contributed by atoms with Crippen LogP contribution in [-0.2, 0) is 4.79 Å². The molecule has 1 aliphatic heterocycles. The van der Waals surface area contributed by atoms with E-state index in [0.717, 1.165) is 28.6 Å². The molecule has 26 heavy (non-hydrogen) atoms. The summed E-state index contributed by atoms with van der Waals surface area (Å²) in [4.78, 5) is 20.0. The van der Waals surface area contributed by atoms with E-state index in [2.05, 4.69) is 6.92 Å². The minimum absolute atomic E-state index is 0.0125. The smallest absolute Gasteiger partial charge is 0.266 e. The Balaban J connectivity index is 1.89. The molecule has 0 unspecified atom stereocenters. The molecule has 2 aromatic rings. The Morgan fingerprint density at radius 1 is 1.12 bits per heavy atom. The van der Waals surface area contributed by atoms with Crippen LogP contribution in [0.25, 0.3) is 6.08 Å². The number of hydrogen-bond acceptors (Lipinski definition) is 4. The Kier molecular flexibility index (Phi) is 5.78. The van der Waals surface area contributed by atoms with Crippen molar-refractivity contribution < 1.29 is 9.53 Å². The zero-order valence-electron chi connectivity index (χ0n) is 15.2. The highest BCUT2D eigenvalue weighted by Crippen LogP contribution is 2.34. The fourth-order valence-corrected chi connectivity index (χ4v) is 3.62. The highest BCUT2D eigenvalue weighted by molar-refractivity contribution is 8.18. The molecule has 0 radical (unpaired) electrons. The van der Waals surface area contributed by atoms with E-state index in [1.54, 1.807) is 12.0 Å². The highest BCUT2D eigenvalue weighted by Gasteiger charge is 2.32. The molecule has 5 heteroatoms. The van der Waals surface area contributed by atoms with Gasteiger partial charge in [0, 0.05) is 6.54 Å². The van der Waals surface area contributed by atoms with Crippen molar-refractivity contribution in [2.24, 2.45) is 4.99 Å². The molecule has 1 fully saturated rings. The summed E-state index contributed by atoms with van der Waals surface area (Å²) < 4.78 is 5.18. The minimum Gasteiger partial charge on any atom is -0.497 e. The summed E-state index contributed by atoms with van der Waals surface area (Å²) in [5.41, 5.74) is 3.02. The molecule has 2 aromatic carbocycles. The number of ether oxygens (including phenoxy) is 1. The van der Waals surface area contributed by atoms with Gasteiger partial charge in [-0.05, 0) is 61.0 Å². The van der Waals surface area contributed by atoms with Gasteiger partial charge >= 0.3 is 0 Å². The zero-order chi connectivity index (χ0) is 18.5. The number of methoxy groups -OCH3 is 1. The molecule has 1 aliphatic rings. The Bertz CT molecular complexity index is 839. The average molecular weight is 366 g/mol. The molecule has 4 nitrogen and oxygen atoms in total. The maximum absolute atomic E-state index is 12.8. The summed E-state index contributed by atoms with van der Waals surface area (Å²) in [5, 5.41) is 0.737. The lowest BCUT2D eigenvalue weighted by molar-refractivity contribution is -0.122. The van der Waals surface area contributed by atoms with Gasteiger partial charge in [0.25, 0.3) is 5.91 Å². The molecule has 134 valence electrons. The largest absolute Gasteiger partial charge is 0.497 e. The van der Waals surface area contributed by atoms with Crippen molar-refractivity contribution in [3.8, 4) is 5.75 Å². The second-order valence-electron chi connectivity index (χ2n) is 6.07. The zero-order valence-corrected chi connectivity index (χ0v) is 16.0. The van der Waals surface area contributed by atoms with Gasteiger partial charge < -0.3 is 4.74 Å². The highest BCUT2D eigenvalue weighted by atomic mass is 32.2. The van der Waals surface area contributed by atoms with Gasteiger partial charge in [0.15, 0.2) is 5.17 Å². The third-order valence-corrected chi connectivity index (χ3v) is 5.01. The number of aliphatic imine (C=N–C) groups is 1. The normalized spacial score (nSPS) is 17.3. The lowest BCUT2D eigenvalue weighted by atomic mass is 10.2. The van der Waals surface area contributed by atoms with E-state index in [0.29, 0.717) is 11.4 Å². The van der Waals surface area contributed by atoms with Crippen molar-refractivity contribution in [2.45, 2.75) is 20.3 Å². The van der Waals surface area contributed by atoms with Gasteiger partial charge in [-0.25, -0.2) is 4.99 Å². The monoisotopic (exact) mass is 366 g/mol. The van der Waals surface area contributed by atoms with Gasteiger partial charge in [-0.1, -0.05) is 36.8 Å². The number of benzene rings is 2. The Labute approximate surface area is 158 Å². The quantitative estimate of drug-likeness (QED) is 0.698. The Morgan fingerprint density at radius 2 is 1.81 bits per heavy atom. The standard InChI is InChI=1S/C21H22N2O2S/c1-4-13-23-20(24)19(14-16-7-11-18(25-3)12-8-16)26-21(23)22-17-9-5-15(2)6-10-17/h5-12,14H,4,13H2,1-3H3/b19-14-,22-21?. The molecule has 0 aliphatic carbocycles. The maximum Gasteiger partial charge on any atom is 0.266 e. The molecule has 1 amide bonds. The maximum atomic E-state index is 12.8. The van der Waals surface area contributed by atoms with Crippen molar-refractivity contribution in [3.63, 3.8) is 0 Å². The number of rotatable bonds is 5. The van der Waals surface area contributed by atoms with E-state index in [9.17, 15) is 4.79 Å². The van der Waals surface area contributed by atoms with Gasteiger partial charge in [0.1, 0.15) is 5.75 Å². The van der Waals surface area contributed by atoms with Gasteiger partial charge in [0.05, 0.1) is 17.7 Å². The molecular formula is C21H22N2O2S. The second kappa shape index (κ2) is 8.23. The van der Waals surface area contributed by atoms with Crippen LogP contribution in [0.3, 0.4) is 0 Å². The third kappa shape index (κ3) is 4.17. The van der Waals surface area contributed by atoms with E-state index in [1.807, 2.05) is 61.5 Å². The van der Waals surface area contributed by atoms with E-state index in [1.165, 1.54) is 17.3 Å². The van der Waals surface area contributed by atoms with Crippen molar-refractivity contribution in [3.05, 3.63) is 64.6 Å². The Morgan fingerprint density at radius 3 is 2.42 bits per heavy atom. The van der Waals surface area contributed by atoms with Crippen LogP contribution in [0, 0.1) is 6.92 Å². The summed E-state index contributed by atoms with van der Waals surface area (Å²) in [5.74, 6) is 0.810. The van der Waals surface area contributed by atoms with E-state index in [-0.39, 0.29) is 5.91 Å². The third-order valence-electron chi connectivity index (χ3n) is 4.01. The number of aryl methyl sites for hydroxylation is 1. The van der Waals surface area contributed by atoms with Crippen molar-refractivity contribution in [1.82, 2.24) is 4.90 Å². The SMILES string of the molecule is CCCN1C(=O)/C(=C/c2ccc(OC)cc2)SC1=Nc1ccc(C)cc1. The number of amides is 1. The first kappa shape index (κ1) is 18.3. The summed E-state index contributed by atoms with van der Waals surface area (Å²) in [7, 11) is 1.64. The van der Waals surface area contributed by atoms with Gasteiger partial charge in [-0.3, -0.25) is 9.69 Å². The van der Waals surface area contributed by atoms with Crippen LogP contribution in [0.2, 0.25) is 0 Å².